The normalized spacial score (nSPS) is 16.7. The van der Waals surface area contributed by atoms with Crippen molar-refractivity contribution in [3.63, 3.8) is 0 Å². The monoisotopic (exact) mass is 338 g/mol. The van der Waals surface area contributed by atoms with Crippen LogP contribution in [0.15, 0.2) is 53.2 Å². The van der Waals surface area contributed by atoms with Crippen molar-refractivity contribution in [2.45, 2.75) is 0 Å². The molecule has 0 saturated heterocycles. The van der Waals surface area contributed by atoms with E-state index in [-0.39, 0.29) is 41.1 Å². The highest BCUT2D eigenvalue weighted by molar-refractivity contribution is 6.13. The third-order valence-corrected chi connectivity index (χ3v) is 3.66. The Morgan fingerprint density at radius 3 is 2.68 bits per heavy atom. The SMILES string of the molecule is O=C1OC(c2ccccc2)=NC1=Cc1ccc2c(c1[N+](=O)[O-])OCO2. The molecule has 2 aliphatic rings. The predicted octanol–water partition coefficient (Wildman–Crippen LogP) is 2.67. The van der Waals surface area contributed by atoms with Gasteiger partial charge in [-0.1, -0.05) is 18.2 Å². The van der Waals surface area contributed by atoms with E-state index in [1.54, 1.807) is 30.3 Å². The van der Waals surface area contributed by atoms with Crippen molar-refractivity contribution in [3.05, 3.63) is 69.4 Å². The molecule has 0 unspecified atom stereocenters. The highest BCUT2D eigenvalue weighted by Crippen LogP contribution is 2.43. The van der Waals surface area contributed by atoms with Gasteiger partial charge in [0.2, 0.25) is 18.4 Å². The maximum Gasteiger partial charge on any atom is 0.363 e. The van der Waals surface area contributed by atoms with Crippen molar-refractivity contribution in [2.24, 2.45) is 4.99 Å². The maximum atomic E-state index is 12.0. The van der Waals surface area contributed by atoms with Crippen LogP contribution in [0.1, 0.15) is 11.1 Å². The van der Waals surface area contributed by atoms with Crippen LogP contribution in [0, 0.1) is 10.1 Å². The van der Waals surface area contributed by atoms with E-state index in [0.29, 0.717) is 5.56 Å². The van der Waals surface area contributed by atoms with Gasteiger partial charge in [-0.25, -0.2) is 9.79 Å². The summed E-state index contributed by atoms with van der Waals surface area (Å²) in [6, 6.07) is 11.9. The van der Waals surface area contributed by atoms with E-state index in [2.05, 4.69) is 4.99 Å². The Bertz CT molecular complexity index is 949. The van der Waals surface area contributed by atoms with Crippen LogP contribution >= 0.6 is 0 Å². The number of rotatable bonds is 3. The van der Waals surface area contributed by atoms with Gasteiger partial charge in [-0.3, -0.25) is 10.1 Å². The van der Waals surface area contributed by atoms with Crippen LogP contribution < -0.4 is 9.47 Å². The molecule has 0 atom stereocenters. The smallest absolute Gasteiger partial charge is 0.363 e. The lowest BCUT2D eigenvalue weighted by molar-refractivity contribution is -0.385. The zero-order chi connectivity index (χ0) is 17.4. The van der Waals surface area contributed by atoms with Crippen LogP contribution in [0.25, 0.3) is 6.08 Å². The maximum absolute atomic E-state index is 12.0. The zero-order valence-electron chi connectivity index (χ0n) is 12.7. The van der Waals surface area contributed by atoms with Gasteiger partial charge >= 0.3 is 11.7 Å². The zero-order valence-corrected chi connectivity index (χ0v) is 12.7. The average molecular weight is 338 g/mol. The number of hydrogen-bond donors (Lipinski definition) is 0. The number of fused-ring (bicyclic) bond motifs is 1. The van der Waals surface area contributed by atoms with Crippen LogP contribution in [0.3, 0.4) is 0 Å². The Hall–Kier alpha value is -3.68. The van der Waals surface area contributed by atoms with Crippen molar-refractivity contribution in [1.82, 2.24) is 0 Å². The van der Waals surface area contributed by atoms with E-state index in [9.17, 15) is 14.9 Å². The van der Waals surface area contributed by atoms with Crippen molar-refractivity contribution in [3.8, 4) is 11.5 Å². The summed E-state index contributed by atoms with van der Waals surface area (Å²) in [5, 5.41) is 11.4. The van der Waals surface area contributed by atoms with Crippen molar-refractivity contribution in [2.75, 3.05) is 6.79 Å². The Kier molecular flexibility index (Phi) is 3.42. The number of aliphatic imine (C=N–C) groups is 1. The minimum atomic E-state index is -0.675. The molecule has 2 aromatic carbocycles. The molecule has 0 aromatic heterocycles. The molecule has 0 amide bonds. The topological polar surface area (TPSA) is 100 Å². The molecule has 0 spiro atoms. The van der Waals surface area contributed by atoms with Gasteiger partial charge in [-0.15, -0.1) is 0 Å². The first-order valence-electron chi connectivity index (χ1n) is 7.28. The molecule has 0 saturated carbocycles. The van der Waals surface area contributed by atoms with Gasteiger partial charge in [-0.05, 0) is 30.3 Å². The van der Waals surface area contributed by atoms with Crippen LogP contribution in [0.4, 0.5) is 5.69 Å². The van der Waals surface area contributed by atoms with Gasteiger partial charge in [0, 0.05) is 5.56 Å². The van der Waals surface area contributed by atoms with Gasteiger partial charge in [0.15, 0.2) is 11.4 Å². The largest absolute Gasteiger partial charge is 0.453 e. The third kappa shape index (κ3) is 2.59. The van der Waals surface area contributed by atoms with Gasteiger partial charge in [-0.2, -0.15) is 0 Å². The summed E-state index contributed by atoms with van der Waals surface area (Å²) in [7, 11) is 0. The van der Waals surface area contributed by atoms with E-state index < -0.39 is 10.9 Å². The van der Waals surface area contributed by atoms with Crippen molar-refractivity contribution in [1.29, 1.82) is 0 Å². The van der Waals surface area contributed by atoms with E-state index in [1.165, 1.54) is 12.1 Å². The number of ether oxygens (including phenoxy) is 3. The number of esters is 1. The summed E-state index contributed by atoms with van der Waals surface area (Å²) in [4.78, 5) is 27.0. The highest BCUT2D eigenvalue weighted by Gasteiger charge is 2.31. The molecule has 2 heterocycles. The molecule has 0 fully saturated rings. The molecule has 25 heavy (non-hydrogen) atoms. The van der Waals surface area contributed by atoms with Crippen molar-refractivity contribution >= 4 is 23.6 Å². The Balaban J connectivity index is 1.78. The van der Waals surface area contributed by atoms with Gasteiger partial charge in [0.05, 0.1) is 10.5 Å². The van der Waals surface area contributed by atoms with E-state index in [0.717, 1.165) is 0 Å². The average Bonchev–Trinajstić information content (AvgIpc) is 3.22. The Morgan fingerprint density at radius 2 is 1.92 bits per heavy atom. The number of carbonyl (C=O) groups excluding carboxylic acids is 1. The number of nitro groups is 1. The molecule has 0 N–H and O–H groups in total. The lowest BCUT2D eigenvalue weighted by Crippen LogP contribution is -2.05. The fourth-order valence-electron chi connectivity index (χ4n) is 2.54. The molecule has 0 aliphatic carbocycles. The Labute approximate surface area is 141 Å². The van der Waals surface area contributed by atoms with Gasteiger partial charge in [0.1, 0.15) is 0 Å². The lowest BCUT2D eigenvalue weighted by atomic mass is 10.1. The fraction of sp³-hybridized carbons (Fsp3) is 0.0588. The van der Waals surface area contributed by atoms with Crippen LogP contribution in [0.5, 0.6) is 11.5 Å². The van der Waals surface area contributed by atoms with E-state index in [4.69, 9.17) is 14.2 Å². The first kappa shape index (κ1) is 14.9. The molecular weight excluding hydrogens is 328 g/mol. The summed E-state index contributed by atoms with van der Waals surface area (Å²) >= 11 is 0. The van der Waals surface area contributed by atoms with E-state index in [1.807, 2.05) is 6.07 Å². The minimum absolute atomic E-state index is 0.0270. The highest BCUT2D eigenvalue weighted by atomic mass is 16.7. The van der Waals surface area contributed by atoms with Crippen LogP contribution in [-0.2, 0) is 9.53 Å². The number of hydrogen-bond acceptors (Lipinski definition) is 7. The summed E-state index contributed by atoms with van der Waals surface area (Å²) < 4.78 is 15.5. The van der Waals surface area contributed by atoms with Gasteiger partial charge in [0.25, 0.3) is 0 Å². The quantitative estimate of drug-likeness (QED) is 0.369. The molecule has 0 bridgehead atoms. The molecule has 2 aliphatic heterocycles. The summed E-state index contributed by atoms with van der Waals surface area (Å²) in [6.45, 7) is -0.0887. The lowest BCUT2D eigenvalue weighted by Gasteiger charge is -2.01. The molecule has 8 nitrogen and oxygen atoms in total. The second kappa shape index (κ2) is 5.75. The minimum Gasteiger partial charge on any atom is -0.453 e. The first-order chi connectivity index (χ1) is 12.1. The number of cyclic esters (lactones) is 1. The molecular formula is C17H10N2O6. The number of carbonyl (C=O) groups is 1. The molecule has 8 heteroatoms. The van der Waals surface area contributed by atoms with Crippen molar-refractivity contribution < 1.29 is 23.9 Å². The predicted molar refractivity (Wildman–Crippen MR) is 86.3 cm³/mol. The van der Waals surface area contributed by atoms with Gasteiger partial charge < -0.3 is 14.2 Å². The Morgan fingerprint density at radius 1 is 1.12 bits per heavy atom. The summed E-state index contributed by atoms with van der Waals surface area (Å²) in [5.41, 5.74) is 0.512. The second-order valence-electron chi connectivity index (χ2n) is 5.20. The van der Waals surface area contributed by atoms with Crippen LogP contribution in [-0.4, -0.2) is 23.6 Å². The van der Waals surface area contributed by atoms with Crippen LogP contribution in [0.2, 0.25) is 0 Å². The standard InChI is InChI=1S/C17H10N2O6/c20-17-12(18-16(25-17)10-4-2-1-3-5-10)8-11-6-7-13-15(24-9-23-13)14(11)19(21)22/h1-8H,9H2. The number of nitrogens with zero attached hydrogens (tertiary/aromatic N) is 2. The fourth-order valence-corrected chi connectivity index (χ4v) is 2.54. The third-order valence-electron chi connectivity index (χ3n) is 3.66. The molecule has 0 radical (unpaired) electrons. The second-order valence-corrected chi connectivity index (χ2v) is 5.20. The van der Waals surface area contributed by atoms with E-state index >= 15 is 0 Å². The molecule has 124 valence electrons. The number of benzene rings is 2. The number of nitro benzene ring substituents is 1. The molecule has 4 rings (SSSR count). The summed E-state index contributed by atoms with van der Waals surface area (Å²) in [6.07, 6.45) is 1.30. The first-order valence-corrected chi connectivity index (χ1v) is 7.28. The summed E-state index contributed by atoms with van der Waals surface area (Å²) in [5.74, 6) is -0.194. The molecule has 2 aromatic rings.